The first-order valence-corrected chi connectivity index (χ1v) is 10.1. The molecular formula is C21H24ClN3O5S. The lowest BCUT2D eigenvalue weighted by atomic mass is 10.1. The maximum Gasteiger partial charge on any atom is 0.276 e. The van der Waals surface area contributed by atoms with Gasteiger partial charge >= 0.3 is 0 Å². The number of carbonyl (C=O) groups is 2. The summed E-state index contributed by atoms with van der Waals surface area (Å²) in [5.74, 6) is -0.0466. The number of thiocarbonyl (C=S) groups is 1. The molecule has 0 fully saturated rings. The van der Waals surface area contributed by atoms with Crippen LogP contribution in [0.1, 0.15) is 21.5 Å². The van der Waals surface area contributed by atoms with E-state index >= 15 is 0 Å². The lowest BCUT2D eigenvalue weighted by Gasteiger charge is -2.14. The number of hydrogen-bond acceptors (Lipinski definition) is 6. The first-order valence-electron chi connectivity index (χ1n) is 9.32. The maximum atomic E-state index is 12.5. The number of benzene rings is 2. The summed E-state index contributed by atoms with van der Waals surface area (Å²) in [6, 6.07) is 10.2. The normalized spacial score (nSPS) is 10.2. The highest BCUT2D eigenvalue weighted by molar-refractivity contribution is 7.80. The fourth-order valence-corrected chi connectivity index (χ4v) is 2.77. The molecule has 2 rings (SSSR count). The summed E-state index contributed by atoms with van der Waals surface area (Å²) in [4.78, 5) is 24.4. The number of hydrogen-bond donors (Lipinski definition) is 3. The quantitative estimate of drug-likeness (QED) is 0.313. The van der Waals surface area contributed by atoms with Gasteiger partial charge in [0.2, 0.25) is 0 Å². The van der Waals surface area contributed by atoms with Gasteiger partial charge < -0.3 is 14.2 Å². The van der Waals surface area contributed by atoms with Crippen LogP contribution in [0.2, 0.25) is 5.02 Å². The second-order valence-electron chi connectivity index (χ2n) is 6.45. The Balaban J connectivity index is 1.81. The van der Waals surface area contributed by atoms with Crippen LogP contribution in [-0.4, -0.2) is 43.9 Å². The van der Waals surface area contributed by atoms with Gasteiger partial charge in [-0.3, -0.25) is 25.8 Å². The van der Waals surface area contributed by atoms with Crippen molar-refractivity contribution in [1.82, 2.24) is 16.2 Å². The molecule has 2 amide bonds. The fraction of sp³-hybridized carbons (Fsp3) is 0.286. The molecule has 0 radical (unpaired) electrons. The van der Waals surface area contributed by atoms with Crippen molar-refractivity contribution in [1.29, 1.82) is 0 Å². The van der Waals surface area contributed by atoms with E-state index in [-0.39, 0.29) is 11.7 Å². The Hall–Kier alpha value is -2.88. The SMILES string of the molecule is COCCOc1ccccc1C(=O)NC(=S)NNC(=O)COc1cc(C)c(Cl)c(C)c1. The van der Waals surface area contributed by atoms with Crippen LogP contribution in [0.3, 0.4) is 0 Å². The van der Waals surface area contributed by atoms with Gasteiger partial charge in [-0.05, 0) is 61.5 Å². The van der Waals surface area contributed by atoms with Gasteiger partial charge in [-0.1, -0.05) is 23.7 Å². The Morgan fingerprint density at radius 2 is 1.71 bits per heavy atom. The number of ether oxygens (including phenoxy) is 3. The number of methoxy groups -OCH3 is 1. The van der Waals surface area contributed by atoms with Crippen LogP contribution in [0.5, 0.6) is 11.5 Å². The smallest absolute Gasteiger partial charge is 0.276 e. The van der Waals surface area contributed by atoms with E-state index in [1.807, 2.05) is 13.8 Å². The molecule has 3 N–H and O–H groups in total. The molecule has 0 aliphatic carbocycles. The zero-order chi connectivity index (χ0) is 22.8. The number of carbonyl (C=O) groups excluding carboxylic acids is 2. The molecule has 10 heteroatoms. The largest absolute Gasteiger partial charge is 0.490 e. The van der Waals surface area contributed by atoms with Crippen molar-refractivity contribution in [3.05, 3.63) is 58.1 Å². The van der Waals surface area contributed by atoms with Crippen LogP contribution >= 0.6 is 23.8 Å². The Morgan fingerprint density at radius 1 is 1.03 bits per heavy atom. The molecule has 0 saturated carbocycles. The van der Waals surface area contributed by atoms with Crippen LogP contribution < -0.4 is 25.6 Å². The molecule has 8 nitrogen and oxygen atoms in total. The number of para-hydroxylation sites is 1. The number of nitrogens with one attached hydrogen (secondary N) is 3. The molecule has 0 aromatic heterocycles. The van der Waals surface area contributed by atoms with Gasteiger partial charge in [0.15, 0.2) is 11.7 Å². The topological polar surface area (TPSA) is 97.9 Å². The average molecular weight is 466 g/mol. The van der Waals surface area contributed by atoms with E-state index in [4.69, 9.17) is 38.0 Å². The third kappa shape index (κ3) is 7.71. The number of amides is 2. The summed E-state index contributed by atoms with van der Waals surface area (Å²) in [6.07, 6.45) is 0. The monoisotopic (exact) mass is 465 g/mol. The van der Waals surface area contributed by atoms with Gasteiger partial charge in [0.05, 0.1) is 12.2 Å². The van der Waals surface area contributed by atoms with E-state index in [0.717, 1.165) is 11.1 Å². The van der Waals surface area contributed by atoms with Crippen LogP contribution in [0.15, 0.2) is 36.4 Å². The van der Waals surface area contributed by atoms with E-state index in [2.05, 4.69) is 16.2 Å². The van der Waals surface area contributed by atoms with Crippen LogP contribution in [0, 0.1) is 13.8 Å². The third-order valence-electron chi connectivity index (χ3n) is 4.00. The Kier molecular flexibility index (Phi) is 9.51. The van der Waals surface area contributed by atoms with Crippen molar-refractivity contribution in [3.63, 3.8) is 0 Å². The lowest BCUT2D eigenvalue weighted by molar-refractivity contribution is -0.123. The molecule has 31 heavy (non-hydrogen) atoms. The molecule has 0 heterocycles. The molecule has 2 aromatic rings. The van der Waals surface area contributed by atoms with Gasteiger partial charge in [-0.15, -0.1) is 0 Å². The van der Waals surface area contributed by atoms with Crippen LogP contribution in [-0.2, 0) is 9.53 Å². The van der Waals surface area contributed by atoms with Crippen molar-refractivity contribution in [2.75, 3.05) is 26.9 Å². The summed E-state index contributed by atoms with van der Waals surface area (Å²) >= 11 is 11.2. The Labute approximate surface area is 191 Å². The molecule has 0 bridgehead atoms. The van der Waals surface area contributed by atoms with Crippen molar-refractivity contribution >= 4 is 40.7 Å². The highest BCUT2D eigenvalue weighted by atomic mass is 35.5. The van der Waals surface area contributed by atoms with Crippen molar-refractivity contribution in [2.24, 2.45) is 0 Å². The second kappa shape index (κ2) is 12.1. The minimum Gasteiger partial charge on any atom is -0.490 e. The molecule has 0 unspecified atom stereocenters. The highest BCUT2D eigenvalue weighted by Crippen LogP contribution is 2.25. The summed E-state index contributed by atoms with van der Waals surface area (Å²) in [5.41, 5.74) is 6.83. The second-order valence-corrected chi connectivity index (χ2v) is 7.24. The standard InChI is InChI=1S/C21H24ClN3O5S/c1-13-10-15(11-14(2)19(13)22)30-12-18(26)24-25-21(31)23-20(27)16-6-4-5-7-17(16)29-9-8-28-3/h4-7,10-11H,8-9,12H2,1-3H3,(H,24,26)(H2,23,25,27,31). The average Bonchev–Trinajstić information content (AvgIpc) is 2.75. The van der Waals surface area contributed by atoms with Crippen molar-refractivity contribution in [2.45, 2.75) is 13.8 Å². The predicted molar refractivity (Wildman–Crippen MR) is 122 cm³/mol. The molecule has 0 spiro atoms. The Bertz CT molecular complexity index is 931. The highest BCUT2D eigenvalue weighted by Gasteiger charge is 2.14. The van der Waals surface area contributed by atoms with Crippen LogP contribution in [0.4, 0.5) is 0 Å². The number of aryl methyl sites for hydroxylation is 2. The molecule has 0 aliphatic heterocycles. The summed E-state index contributed by atoms with van der Waals surface area (Å²) in [6.45, 7) is 4.14. The minimum absolute atomic E-state index is 0.0803. The number of rotatable bonds is 8. The van der Waals surface area contributed by atoms with Gasteiger partial charge in [-0.25, -0.2) is 0 Å². The van der Waals surface area contributed by atoms with E-state index < -0.39 is 11.8 Å². The summed E-state index contributed by atoms with van der Waals surface area (Å²) < 4.78 is 15.9. The third-order valence-corrected chi connectivity index (χ3v) is 4.80. The van der Waals surface area contributed by atoms with E-state index in [9.17, 15) is 9.59 Å². The predicted octanol–water partition coefficient (Wildman–Crippen LogP) is 2.70. The van der Waals surface area contributed by atoms with Crippen molar-refractivity contribution in [3.8, 4) is 11.5 Å². The van der Waals surface area contributed by atoms with Crippen LogP contribution in [0.25, 0.3) is 0 Å². The van der Waals surface area contributed by atoms with Gasteiger partial charge in [0, 0.05) is 12.1 Å². The first-order chi connectivity index (χ1) is 14.8. The van der Waals surface area contributed by atoms with Gasteiger partial charge in [-0.2, -0.15) is 0 Å². The van der Waals surface area contributed by atoms with E-state index in [1.54, 1.807) is 43.5 Å². The minimum atomic E-state index is -0.483. The molecule has 0 aliphatic rings. The molecule has 0 atom stereocenters. The first kappa shape index (κ1) is 24.4. The Morgan fingerprint density at radius 3 is 2.39 bits per heavy atom. The summed E-state index contributed by atoms with van der Waals surface area (Å²) in [7, 11) is 1.56. The molecule has 166 valence electrons. The maximum absolute atomic E-state index is 12.5. The zero-order valence-electron chi connectivity index (χ0n) is 17.4. The zero-order valence-corrected chi connectivity index (χ0v) is 19.0. The molecule has 0 saturated heterocycles. The van der Waals surface area contributed by atoms with Gasteiger partial charge in [0.1, 0.15) is 18.1 Å². The number of hydrazine groups is 1. The number of halogens is 1. The summed E-state index contributed by atoms with van der Waals surface area (Å²) in [5, 5.41) is 3.05. The fourth-order valence-electron chi connectivity index (χ4n) is 2.52. The van der Waals surface area contributed by atoms with Gasteiger partial charge in [0.25, 0.3) is 11.8 Å². The lowest BCUT2D eigenvalue weighted by Crippen LogP contribution is -2.49. The van der Waals surface area contributed by atoms with Crippen molar-refractivity contribution < 1.29 is 23.8 Å². The molecule has 2 aromatic carbocycles. The molecular weight excluding hydrogens is 442 g/mol. The van der Waals surface area contributed by atoms with E-state index in [0.29, 0.717) is 35.3 Å². The van der Waals surface area contributed by atoms with E-state index in [1.165, 1.54) is 0 Å².